The molecule has 90 valence electrons. The van der Waals surface area contributed by atoms with Gasteiger partial charge in [0.2, 0.25) is 0 Å². The van der Waals surface area contributed by atoms with Crippen LogP contribution < -0.4 is 5.73 Å². The van der Waals surface area contributed by atoms with Crippen molar-refractivity contribution in [3.05, 3.63) is 34.1 Å². The monoisotopic (exact) mass is 291 g/mol. The molecule has 1 atom stereocenters. The lowest BCUT2D eigenvalue weighted by molar-refractivity contribution is 0.158. The van der Waals surface area contributed by atoms with Crippen LogP contribution in [0, 0.1) is 5.82 Å². The third kappa shape index (κ3) is 3.83. The lowest BCUT2D eigenvalue weighted by Gasteiger charge is -2.23. The van der Waals surface area contributed by atoms with E-state index in [0.29, 0.717) is 16.5 Å². The second-order valence-corrected chi connectivity index (χ2v) is 4.98. The highest BCUT2D eigenvalue weighted by molar-refractivity contribution is 9.10. The van der Waals surface area contributed by atoms with Crippen molar-refractivity contribution < 1.29 is 8.78 Å². The minimum atomic E-state index is -1.43. The van der Waals surface area contributed by atoms with Crippen molar-refractivity contribution in [2.45, 2.75) is 31.9 Å². The minimum absolute atomic E-state index is 0.0328. The summed E-state index contributed by atoms with van der Waals surface area (Å²) in [4.78, 5) is 0. The number of benzene rings is 1. The Bertz CT molecular complexity index is 337. The lowest BCUT2D eigenvalue weighted by Crippen LogP contribution is -2.35. The van der Waals surface area contributed by atoms with Crippen LogP contribution in [0.3, 0.4) is 0 Å². The molecule has 0 aromatic heterocycles. The van der Waals surface area contributed by atoms with E-state index in [1.54, 1.807) is 6.07 Å². The third-order valence-electron chi connectivity index (χ3n) is 2.51. The molecule has 0 aliphatic rings. The van der Waals surface area contributed by atoms with Crippen LogP contribution in [-0.4, -0.2) is 12.2 Å². The van der Waals surface area contributed by atoms with Crippen LogP contribution >= 0.6 is 15.9 Å². The summed E-state index contributed by atoms with van der Waals surface area (Å²) in [5.74, 6) is -0.361. The molecule has 0 radical (unpaired) electrons. The van der Waals surface area contributed by atoms with Crippen molar-refractivity contribution in [1.29, 1.82) is 0 Å². The molecule has 0 spiro atoms. The first-order valence-electron chi connectivity index (χ1n) is 5.33. The van der Waals surface area contributed by atoms with Gasteiger partial charge in [-0.2, -0.15) is 0 Å². The molecule has 0 aliphatic heterocycles. The Hall–Kier alpha value is -0.480. The van der Waals surface area contributed by atoms with E-state index < -0.39 is 5.67 Å². The zero-order valence-electron chi connectivity index (χ0n) is 9.27. The molecule has 0 amide bonds. The normalized spacial score (nSPS) is 14.8. The molecule has 0 heterocycles. The van der Waals surface area contributed by atoms with E-state index in [-0.39, 0.29) is 18.8 Å². The van der Waals surface area contributed by atoms with Gasteiger partial charge in [-0.15, -0.1) is 0 Å². The molecule has 2 N–H and O–H groups in total. The van der Waals surface area contributed by atoms with Crippen molar-refractivity contribution in [2.24, 2.45) is 5.73 Å². The van der Waals surface area contributed by atoms with Crippen LogP contribution in [0.1, 0.15) is 25.3 Å². The number of rotatable bonds is 5. The van der Waals surface area contributed by atoms with Gasteiger partial charge in [-0.05, 0) is 30.2 Å². The van der Waals surface area contributed by atoms with Gasteiger partial charge in [-0.1, -0.05) is 29.3 Å². The van der Waals surface area contributed by atoms with Crippen LogP contribution in [0.2, 0.25) is 0 Å². The van der Waals surface area contributed by atoms with E-state index in [2.05, 4.69) is 15.9 Å². The Morgan fingerprint density at radius 1 is 1.38 bits per heavy atom. The average Bonchev–Trinajstić information content (AvgIpc) is 2.16. The molecule has 16 heavy (non-hydrogen) atoms. The first-order chi connectivity index (χ1) is 7.49. The quantitative estimate of drug-likeness (QED) is 0.881. The van der Waals surface area contributed by atoms with Crippen LogP contribution in [0.5, 0.6) is 0 Å². The molecule has 4 heteroatoms. The summed E-state index contributed by atoms with van der Waals surface area (Å²) in [7, 11) is 0. The Balaban J connectivity index is 2.85. The van der Waals surface area contributed by atoms with Gasteiger partial charge in [0.25, 0.3) is 0 Å². The number of hydrogen-bond acceptors (Lipinski definition) is 1. The average molecular weight is 292 g/mol. The van der Waals surface area contributed by atoms with Crippen molar-refractivity contribution in [1.82, 2.24) is 0 Å². The second-order valence-electron chi connectivity index (χ2n) is 4.06. The summed E-state index contributed by atoms with van der Waals surface area (Å²) in [6, 6.07) is 4.43. The fourth-order valence-corrected chi connectivity index (χ4v) is 2.30. The fraction of sp³-hybridized carbons (Fsp3) is 0.500. The van der Waals surface area contributed by atoms with Crippen LogP contribution in [0.4, 0.5) is 8.78 Å². The number of nitrogens with two attached hydrogens (primary N) is 1. The maximum Gasteiger partial charge on any atom is 0.127 e. The van der Waals surface area contributed by atoms with Crippen molar-refractivity contribution in [3.63, 3.8) is 0 Å². The summed E-state index contributed by atoms with van der Waals surface area (Å²) < 4.78 is 27.9. The zero-order chi connectivity index (χ0) is 12.2. The molecule has 1 rings (SSSR count). The number of hydrogen-bond donors (Lipinski definition) is 1. The summed E-state index contributed by atoms with van der Waals surface area (Å²) in [6.07, 6.45) is 1.29. The molecule has 1 aromatic rings. The van der Waals surface area contributed by atoms with E-state index in [9.17, 15) is 8.78 Å². The van der Waals surface area contributed by atoms with Gasteiger partial charge >= 0.3 is 0 Å². The third-order valence-corrected chi connectivity index (χ3v) is 2.96. The molecule has 0 saturated carbocycles. The fourth-order valence-electron chi connectivity index (χ4n) is 1.79. The van der Waals surface area contributed by atoms with Gasteiger partial charge in [0.15, 0.2) is 0 Å². The summed E-state index contributed by atoms with van der Waals surface area (Å²) >= 11 is 3.19. The summed E-state index contributed by atoms with van der Waals surface area (Å²) in [5.41, 5.74) is 4.64. The van der Waals surface area contributed by atoms with Gasteiger partial charge in [0.05, 0.1) is 0 Å². The van der Waals surface area contributed by atoms with Crippen molar-refractivity contribution in [3.8, 4) is 0 Å². The molecule has 0 saturated heterocycles. The predicted octanol–water partition coefficient (Wildman–Crippen LogP) is 3.60. The maximum absolute atomic E-state index is 14.2. The first-order valence-corrected chi connectivity index (χ1v) is 6.12. The summed E-state index contributed by atoms with van der Waals surface area (Å²) in [6.45, 7) is 1.88. The van der Waals surface area contributed by atoms with Crippen LogP contribution in [-0.2, 0) is 6.42 Å². The van der Waals surface area contributed by atoms with Gasteiger partial charge in [-0.25, -0.2) is 8.78 Å². The van der Waals surface area contributed by atoms with Gasteiger partial charge < -0.3 is 5.73 Å². The van der Waals surface area contributed by atoms with E-state index >= 15 is 0 Å². The standard InChI is InChI=1S/C12H16BrF2N/c1-2-3-12(15,8-16)7-9-4-10(13)6-11(14)5-9/h4-6H,2-3,7-8,16H2,1H3. The largest absolute Gasteiger partial charge is 0.328 e. The second kappa shape index (κ2) is 5.73. The molecular formula is C12H16BrF2N. The molecule has 1 aromatic carbocycles. The molecular weight excluding hydrogens is 276 g/mol. The van der Waals surface area contributed by atoms with E-state index in [4.69, 9.17) is 5.73 Å². The highest BCUT2D eigenvalue weighted by Crippen LogP contribution is 2.25. The Morgan fingerprint density at radius 3 is 2.56 bits per heavy atom. The summed E-state index contributed by atoms with van der Waals surface area (Å²) in [5, 5.41) is 0. The molecule has 0 aliphatic carbocycles. The highest BCUT2D eigenvalue weighted by Gasteiger charge is 2.27. The predicted molar refractivity (Wildman–Crippen MR) is 65.6 cm³/mol. The first kappa shape index (κ1) is 13.6. The Labute approximate surface area is 103 Å². The van der Waals surface area contributed by atoms with Gasteiger partial charge in [0, 0.05) is 17.4 Å². The lowest BCUT2D eigenvalue weighted by atomic mass is 9.92. The minimum Gasteiger partial charge on any atom is -0.328 e. The van der Waals surface area contributed by atoms with E-state index in [1.807, 2.05) is 6.92 Å². The molecule has 0 fully saturated rings. The Morgan fingerprint density at radius 2 is 2.06 bits per heavy atom. The van der Waals surface area contributed by atoms with Crippen molar-refractivity contribution in [2.75, 3.05) is 6.54 Å². The topological polar surface area (TPSA) is 26.0 Å². The highest BCUT2D eigenvalue weighted by atomic mass is 79.9. The van der Waals surface area contributed by atoms with Gasteiger partial charge in [0.1, 0.15) is 11.5 Å². The molecule has 1 nitrogen and oxygen atoms in total. The molecule has 1 unspecified atom stereocenters. The number of halogens is 3. The molecule has 0 bridgehead atoms. The smallest absolute Gasteiger partial charge is 0.127 e. The van der Waals surface area contributed by atoms with E-state index in [1.165, 1.54) is 12.1 Å². The van der Waals surface area contributed by atoms with Crippen molar-refractivity contribution >= 4 is 15.9 Å². The van der Waals surface area contributed by atoms with E-state index in [0.717, 1.165) is 6.42 Å². The Kier molecular flexibility index (Phi) is 4.87. The number of alkyl halides is 1. The SMILES string of the molecule is CCCC(F)(CN)Cc1cc(F)cc(Br)c1. The van der Waals surface area contributed by atoms with Crippen LogP contribution in [0.25, 0.3) is 0 Å². The van der Waals surface area contributed by atoms with Crippen LogP contribution in [0.15, 0.2) is 22.7 Å². The maximum atomic E-state index is 14.2. The van der Waals surface area contributed by atoms with Gasteiger partial charge in [-0.3, -0.25) is 0 Å². The zero-order valence-corrected chi connectivity index (χ0v) is 10.9.